The Kier molecular flexibility index (Phi) is 11.8. The lowest BCUT2D eigenvalue weighted by Gasteiger charge is -2.27. The van der Waals surface area contributed by atoms with Crippen molar-refractivity contribution in [2.45, 2.75) is 78.2 Å². The first-order valence-electron chi connectivity index (χ1n) is 18.0. The van der Waals surface area contributed by atoms with Gasteiger partial charge in [0.25, 0.3) is 0 Å². The summed E-state index contributed by atoms with van der Waals surface area (Å²) in [7, 11) is 0. The number of fused-ring (bicyclic) bond motifs is 1. The zero-order valence-corrected chi connectivity index (χ0v) is 31.1. The molecule has 2 aromatic heterocycles. The summed E-state index contributed by atoms with van der Waals surface area (Å²) in [6.45, 7) is 9.79. The number of hydrogen-bond acceptors (Lipinski definition) is 7. The largest absolute Gasteiger partial charge is 0.444 e. The number of ether oxygens (including phenoxy) is 2. The van der Waals surface area contributed by atoms with Crippen LogP contribution in [0.2, 0.25) is 5.02 Å². The van der Waals surface area contributed by atoms with Crippen molar-refractivity contribution < 1.29 is 19.1 Å². The van der Waals surface area contributed by atoms with E-state index < -0.39 is 11.7 Å². The summed E-state index contributed by atoms with van der Waals surface area (Å²) >= 11 is 6.66. The maximum atomic E-state index is 13.2. The van der Waals surface area contributed by atoms with Crippen molar-refractivity contribution in [1.29, 1.82) is 0 Å². The molecular formula is C40H48ClN7O4. The van der Waals surface area contributed by atoms with E-state index in [2.05, 4.69) is 32.7 Å². The quantitative estimate of drug-likeness (QED) is 0.104. The van der Waals surface area contributed by atoms with Crippen LogP contribution in [0.1, 0.15) is 70.4 Å². The molecule has 3 N–H and O–H groups in total. The molecule has 0 aliphatic carbocycles. The van der Waals surface area contributed by atoms with Gasteiger partial charge in [-0.3, -0.25) is 4.79 Å². The Balaban J connectivity index is 1.05. The fraction of sp³-hybridized carbons (Fsp3) is 0.400. The molecule has 1 aliphatic rings. The SMILES string of the molecule is Cc1[nH]cnc1-c1cc(NCCCNC(=O)CCN(Cc2ccc(-c3ccccc3)c(Cl)c2)C(=O)OC(C)(C)C)c2cnn(C3CCCCO3)c2c1. The van der Waals surface area contributed by atoms with Gasteiger partial charge in [-0.15, -0.1) is 0 Å². The molecule has 11 nitrogen and oxygen atoms in total. The molecule has 2 amide bonds. The summed E-state index contributed by atoms with van der Waals surface area (Å²) in [6, 6.07) is 19.9. The smallest absolute Gasteiger partial charge is 0.410 e. The number of halogens is 1. The highest BCUT2D eigenvalue weighted by atomic mass is 35.5. The highest BCUT2D eigenvalue weighted by molar-refractivity contribution is 6.33. The molecule has 0 saturated carbocycles. The van der Waals surface area contributed by atoms with E-state index in [0.717, 1.165) is 76.1 Å². The van der Waals surface area contributed by atoms with Gasteiger partial charge in [0, 0.05) is 72.1 Å². The van der Waals surface area contributed by atoms with Gasteiger partial charge in [-0.1, -0.05) is 54.1 Å². The highest BCUT2D eigenvalue weighted by Crippen LogP contribution is 2.34. The van der Waals surface area contributed by atoms with Crippen LogP contribution < -0.4 is 10.6 Å². The van der Waals surface area contributed by atoms with Gasteiger partial charge in [0.2, 0.25) is 5.91 Å². The van der Waals surface area contributed by atoms with E-state index in [0.29, 0.717) is 24.5 Å². The zero-order valence-electron chi connectivity index (χ0n) is 30.4. The molecule has 1 fully saturated rings. The molecule has 0 radical (unpaired) electrons. The summed E-state index contributed by atoms with van der Waals surface area (Å²) in [4.78, 5) is 35.5. The summed E-state index contributed by atoms with van der Waals surface area (Å²) in [5, 5.41) is 12.9. The van der Waals surface area contributed by atoms with Crippen LogP contribution in [0, 0.1) is 6.92 Å². The minimum absolute atomic E-state index is 0.0888. The average Bonchev–Trinajstić information content (AvgIpc) is 3.76. The molecule has 3 aromatic carbocycles. The standard InChI is InChI=1S/C40H48ClN7O4/c1-27-38(45-26-44-27)30-22-34(32-24-46-48(35(32)23-30)37-13-8-9-20-51-37)42-17-10-18-43-36(49)16-19-47(39(50)52-40(2,3)4)25-28-14-15-31(33(41)21-28)29-11-6-5-7-12-29/h5-7,11-12,14-15,21-24,26,37,42H,8-10,13,16-20,25H2,1-4H3,(H,43,49)(H,44,45). The lowest BCUT2D eigenvalue weighted by atomic mass is 10.0. The van der Waals surface area contributed by atoms with Gasteiger partial charge in [-0.25, -0.2) is 14.5 Å². The number of H-pyrrole nitrogens is 1. The van der Waals surface area contributed by atoms with Gasteiger partial charge < -0.3 is 30.0 Å². The fourth-order valence-electron chi connectivity index (χ4n) is 6.38. The number of rotatable bonds is 13. The fourth-order valence-corrected chi connectivity index (χ4v) is 6.69. The molecule has 1 atom stereocenters. The molecule has 1 aliphatic heterocycles. The number of carbonyl (C=O) groups excluding carboxylic acids is 2. The van der Waals surface area contributed by atoms with E-state index >= 15 is 0 Å². The number of hydrogen-bond donors (Lipinski definition) is 3. The molecule has 52 heavy (non-hydrogen) atoms. The second-order valence-electron chi connectivity index (χ2n) is 14.2. The first-order valence-corrected chi connectivity index (χ1v) is 18.4. The summed E-state index contributed by atoms with van der Waals surface area (Å²) in [5.74, 6) is -0.141. The number of benzene rings is 3. The number of aromatic amines is 1. The van der Waals surface area contributed by atoms with Crippen molar-refractivity contribution in [2.24, 2.45) is 0 Å². The van der Waals surface area contributed by atoms with E-state index in [1.807, 2.05) is 87.1 Å². The summed E-state index contributed by atoms with van der Waals surface area (Å²) < 4.78 is 13.7. The first kappa shape index (κ1) is 36.9. The molecule has 5 aromatic rings. The van der Waals surface area contributed by atoms with Gasteiger partial charge in [-0.05, 0) is 82.7 Å². The van der Waals surface area contributed by atoms with Crippen LogP contribution in [0.25, 0.3) is 33.3 Å². The Bertz CT molecular complexity index is 1980. The molecule has 12 heteroatoms. The van der Waals surface area contributed by atoms with Gasteiger partial charge in [0.15, 0.2) is 6.23 Å². The van der Waals surface area contributed by atoms with Crippen molar-refractivity contribution in [3.8, 4) is 22.4 Å². The minimum Gasteiger partial charge on any atom is -0.444 e. The molecule has 0 spiro atoms. The maximum Gasteiger partial charge on any atom is 0.410 e. The van der Waals surface area contributed by atoms with Crippen LogP contribution >= 0.6 is 11.6 Å². The normalized spacial score (nSPS) is 14.7. The predicted molar refractivity (Wildman–Crippen MR) is 205 cm³/mol. The van der Waals surface area contributed by atoms with Crippen LogP contribution in [-0.2, 0) is 20.8 Å². The van der Waals surface area contributed by atoms with Crippen LogP contribution in [0.15, 0.2) is 73.2 Å². The van der Waals surface area contributed by atoms with E-state index in [-0.39, 0.29) is 31.6 Å². The second kappa shape index (κ2) is 16.6. The van der Waals surface area contributed by atoms with Crippen LogP contribution in [0.4, 0.5) is 10.5 Å². The Labute approximate surface area is 310 Å². The Morgan fingerprint density at radius 3 is 2.62 bits per heavy atom. The number of aryl methyl sites for hydroxylation is 1. The Morgan fingerprint density at radius 1 is 1.08 bits per heavy atom. The number of aromatic nitrogens is 4. The summed E-state index contributed by atoms with van der Waals surface area (Å²) in [5.41, 5.74) is 6.91. The molecule has 3 heterocycles. The van der Waals surface area contributed by atoms with Crippen LogP contribution in [0.5, 0.6) is 0 Å². The predicted octanol–water partition coefficient (Wildman–Crippen LogP) is 8.50. The number of nitrogens with zero attached hydrogens (tertiary/aromatic N) is 4. The third-order valence-electron chi connectivity index (χ3n) is 8.99. The van der Waals surface area contributed by atoms with E-state index in [4.69, 9.17) is 26.2 Å². The van der Waals surface area contributed by atoms with Crippen molar-refractivity contribution in [3.05, 3.63) is 89.5 Å². The molecule has 274 valence electrons. The van der Waals surface area contributed by atoms with Gasteiger partial charge in [0.1, 0.15) is 5.60 Å². The van der Waals surface area contributed by atoms with Crippen molar-refractivity contribution >= 4 is 40.2 Å². The molecule has 1 unspecified atom stereocenters. The number of anilines is 1. The summed E-state index contributed by atoms with van der Waals surface area (Å²) in [6.07, 6.45) is 6.96. The maximum absolute atomic E-state index is 13.2. The second-order valence-corrected chi connectivity index (χ2v) is 14.6. The van der Waals surface area contributed by atoms with Gasteiger partial charge >= 0.3 is 6.09 Å². The Hall–Kier alpha value is -4.87. The number of carbonyl (C=O) groups is 2. The minimum atomic E-state index is -0.677. The van der Waals surface area contributed by atoms with Gasteiger partial charge in [-0.2, -0.15) is 5.10 Å². The number of imidazole rings is 1. The van der Waals surface area contributed by atoms with E-state index in [1.165, 1.54) is 0 Å². The van der Waals surface area contributed by atoms with Crippen LogP contribution in [0.3, 0.4) is 0 Å². The zero-order chi connectivity index (χ0) is 36.7. The lowest BCUT2D eigenvalue weighted by Crippen LogP contribution is -2.39. The third-order valence-corrected chi connectivity index (χ3v) is 9.30. The lowest BCUT2D eigenvalue weighted by molar-refractivity contribution is -0.121. The average molecular weight is 726 g/mol. The van der Waals surface area contributed by atoms with Crippen molar-refractivity contribution in [2.75, 3.05) is 31.6 Å². The van der Waals surface area contributed by atoms with Crippen molar-refractivity contribution in [1.82, 2.24) is 30.0 Å². The Morgan fingerprint density at radius 2 is 1.90 bits per heavy atom. The molecule has 0 bridgehead atoms. The topological polar surface area (TPSA) is 126 Å². The first-order chi connectivity index (χ1) is 25.1. The van der Waals surface area contributed by atoms with Gasteiger partial charge in [0.05, 0.1) is 23.7 Å². The molecule has 6 rings (SSSR count). The molecular weight excluding hydrogens is 678 g/mol. The van der Waals surface area contributed by atoms with Crippen LogP contribution in [-0.4, -0.2) is 68.5 Å². The number of amides is 2. The highest BCUT2D eigenvalue weighted by Gasteiger charge is 2.24. The van der Waals surface area contributed by atoms with E-state index in [1.54, 1.807) is 11.2 Å². The molecule has 1 saturated heterocycles. The van der Waals surface area contributed by atoms with Crippen molar-refractivity contribution in [3.63, 3.8) is 0 Å². The van der Waals surface area contributed by atoms with E-state index in [9.17, 15) is 9.59 Å². The monoisotopic (exact) mass is 725 g/mol. The number of nitrogens with one attached hydrogen (secondary N) is 3. The third kappa shape index (κ3) is 9.32.